The highest BCUT2D eigenvalue weighted by molar-refractivity contribution is 7.11. The minimum atomic E-state index is 0.552. The Labute approximate surface area is 168 Å². The molecule has 3 rings (SSSR count). The zero-order valence-electron chi connectivity index (χ0n) is 17.4. The molecule has 0 aliphatic carbocycles. The van der Waals surface area contributed by atoms with E-state index in [1.807, 2.05) is 0 Å². The summed E-state index contributed by atoms with van der Waals surface area (Å²) in [7, 11) is 0. The summed E-state index contributed by atoms with van der Waals surface area (Å²) < 4.78 is 0. The summed E-state index contributed by atoms with van der Waals surface area (Å²) in [5.41, 5.74) is 12.1. The van der Waals surface area contributed by atoms with E-state index in [9.17, 15) is 0 Å². The van der Waals surface area contributed by atoms with Gasteiger partial charge in [0, 0.05) is 10.4 Å². The zero-order chi connectivity index (χ0) is 19.7. The number of rotatable bonds is 5. The lowest BCUT2D eigenvalue weighted by molar-refractivity contribution is 0.867. The molecular formula is C26H30S. The van der Waals surface area contributed by atoms with Crippen LogP contribution in [0.25, 0.3) is 27.8 Å². The van der Waals surface area contributed by atoms with Gasteiger partial charge in [0.1, 0.15) is 0 Å². The van der Waals surface area contributed by atoms with Crippen LogP contribution in [-0.2, 0) is 6.42 Å². The molecule has 0 saturated carbocycles. The normalized spacial score (nSPS) is 11.2. The Balaban J connectivity index is 2.32. The van der Waals surface area contributed by atoms with Crippen molar-refractivity contribution in [2.45, 2.75) is 53.9 Å². The minimum Gasteiger partial charge on any atom is -0.144 e. The maximum atomic E-state index is 4.22. The molecule has 3 aromatic rings. The minimum absolute atomic E-state index is 0.552. The molecule has 0 nitrogen and oxygen atoms in total. The van der Waals surface area contributed by atoms with Crippen molar-refractivity contribution in [2.75, 3.05) is 0 Å². The molecule has 2 aromatic carbocycles. The van der Waals surface area contributed by atoms with Crippen molar-refractivity contribution in [3.05, 3.63) is 75.5 Å². The Hall–Kier alpha value is -2.12. The molecule has 0 amide bonds. The molecule has 27 heavy (non-hydrogen) atoms. The molecule has 1 heteroatoms. The quantitative estimate of drug-likeness (QED) is 0.420. The maximum absolute atomic E-state index is 4.22. The highest BCUT2D eigenvalue weighted by atomic mass is 32.1. The van der Waals surface area contributed by atoms with Gasteiger partial charge in [-0.2, -0.15) is 0 Å². The van der Waals surface area contributed by atoms with Gasteiger partial charge in [0.15, 0.2) is 0 Å². The molecule has 0 atom stereocenters. The first-order chi connectivity index (χ1) is 12.8. The van der Waals surface area contributed by atoms with E-state index in [1.54, 1.807) is 11.3 Å². The molecule has 0 aliphatic rings. The van der Waals surface area contributed by atoms with Gasteiger partial charge in [0.25, 0.3) is 0 Å². The van der Waals surface area contributed by atoms with E-state index in [4.69, 9.17) is 0 Å². The lowest BCUT2D eigenvalue weighted by atomic mass is 9.84. The van der Waals surface area contributed by atoms with Crippen LogP contribution in [0.1, 0.15) is 60.7 Å². The van der Waals surface area contributed by atoms with Gasteiger partial charge in [-0.15, -0.1) is 11.3 Å². The van der Waals surface area contributed by atoms with Crippen LogP contribution in [0.2, 0.25) is 0 Å². The first-order valence-corrected chi connectivity index (χ1v) is 10.7. The van der Waals surface area contributed by atoms with Crippen LogP contribution in [0.3, 0.4) is 0 Å². The van der Waals surface area contributed by atoms with E-state index in [2.05, 4.69) is 89.9 Å². The average Bonchev–Trinajstić information content (AvgIpc) is 3.12. The number of hydrogen-bond acceptors (Lipinski definition) is 1. The lowest BCUT2D eigenvalue weighted by Crippen LogP contribution is -1.99. The number of benzene rings is 2. The van der Waals surface area contributed by atoms with Gasteiger partial charge >= 0.3 is 0 Å². The summed E-state index contributed by atoms with van der Waals surface area (Å²) in [6.45, 7) is 17.6. The third-order valence-corrected chi connectivity index (χ3v) is 6.54. The molecule has 1 aromatic heterocycles. The Bertz CT molecular complexity index is 968. The molecule has 0 unspecified atom stereocenters. The number of aryl methyl sites for hydroxylation is 2. The van der Waals surface area contributed by atoms with Gasteiger partial charge in [-0.1, -0.05) is 57.7 Å². The second-order valence-electron chi connectivity index (χ2n) is 7.80. The highest BCUT2D eigenvalue weighted by Crippen LogP contribution is 2.43. The summed E-state index contributed by atoms with van der Waals surface area (Å²) in [6, 6.07) is 13.8. The summed E-state index contributed by atoms with van der Waals surface area (Å²) >= 11 is 1.79. The van der Waals surface area contributed by atoms with Crippen molar-refractivity contribution in [3.63, 3.8) is 0 Å². The summed E-state index contributed by atoms with van der Waals surface area (Å²) in [5, 5.41) is 2.19. The third kappa shape index (κ3) is 3.66. The van der Waals surface area contributed by atoms with Gasteiger partial charge in [0.05, 0.1) is 0 Å². The fourth-order valence-electron chi connectivity index (χ4n) is 3.93. The van der Waals surface area contributed by atoms with E-state index in [0.29, 0.717) is 5.92 Å². The molecule has 0 spiro atoms. The molecule has 140 valence electrons. The monoisotopic (exact) mass is 374 g/mol. The first kappa shape index (κ1) is 19.6. The van der Waals surface area contributed by atoms with Crippen LogP contribution in [0, 0.1) is 13.8 Å². The van der Waals surface area contributed by atoms with Crippen LogP contribution in [-0.4, -0.2) is 0 Å². The Morgan fingerprint density at radius 2 is 1.70 bits per heavy atom. The Morgan fingerprint density at radius 3 is 2.26 bits per heavy atom. The molecular weight excluding hydrogens is 344 g/mol. The smallest absolute Gasteiger partial charge is 0.0372 e. The summed E-state index contributed by atoms with van der Waals surface area (Å²) in [6.07, 6.45) is 1.05. The molecule has 0 aliphatic heterocycles. The maximum Gasteiger partial charge on any atom is 0.0372 e. The molecule has 0 bridgehead atoms. The SMILES string of the molecule is C=C(C)c1sccc1-c1c(C)c(CC)cc(C)c1-c1ccc(C(C)C)cc1. The average molecular weight is 375 g/mol. The van der Waals surface area contributed by atoms with Gasteiger partial charge in [0.2, 0.25) is 0 Å². The second-order valence-corrected chi connectivity index (χ2v) is 8.72. The third-order valence-electron chi connectivity index (χ3n) is 5.46. The predicted molar refractivity (Wildman–Crippen MR) is 123 cm³/mol. The molecule has 0 N–H and O–H groups in total. The summed E-state index contributed by atoms with van der Waals surface area (Å²) in [4.78, 5) is 1.30. The van der Waals surface area contributed by atoms with Gasteiger partial charge in [-0.05, 0) is 89.1 Å². The van der Waals surface area contributed by atoms with E-state index in [-0.39, 0.29) is 0 Å². The standard InChI is InChI=1S/C26H30S/c1-8-20-15-18(6)24(22-11-9-21(10-12-22)16(2)3)25(19(20)7)23-13-14-27-26(23)17(4)5/h9-16H,4,8H2,1-3,5-7H3. The van der Waals surface area contributed by atoms with Crippen molar-refractivity contribution < 1.29 is 0 Å². The van der Waals surface area contributed by atoms with Crippen molar-refractivity contribution in [1.82, 2.24) is 0 Å². The van der Waals surface area contributed by atoms with E-state index < -0.39 is 0 Å². The first-order valence-electron chi connectivity index (χ1n) is 9.82. The van der Waals surface area contributed by atoms with Crippen molar-refractivity contribution >= 4 is 16.9 Å². The number of hydrogen-bond donors (Lipinski definition) is 0. The topological polar surface area (TPSA) is 0 Å². The molecule has 0 fully saturated rings. The fourth-order valence-corrected chi connectivity index (χ4v) is 4.77. The van der Waals surface area contributed by atoms with Crippen LogP contribution in [0.4, 0.5) is 0 Å². The zero-order valence-corrected chi connectivity index (χ0v) is 18.3. The molecule has 0 radical (unpaired) electrons. The van der Waals surface area contributed by atoms with Crippen molar-refractivity contribution in [1.29, 1.82) is 0 Å². The predicted octanol–water partition coefficient (Wildman–Crippen LogP) is 8.42. The van der Waals surface area contributed by atoms with Crippen LogP contribution >= 0.6 is 11.3 Å². The summed E-state index contributed by atoms with van der Waals surface area (Å²) in [5.74, 6) is 0.552. The highest BCUT2D eigenvalue weighted by Gasteiger charge is 2.19. The van der Waals surface area contributed by atoms with Crippen molar-refractivity contribution in [2.24, 2.45) is 0 Å². The largest absolute Gasteiger partial charge is 0.144 e. The van der Waals surface area contributed by atoms with Crippen LogP contribution < -0.4 is 0 Å². The molecule has 1 heterocycles. The van der Waals surface area contributed by atoms with Gasteiger partial charge in [-0.3, -0.25) is 0 Å². The van der Waals surface area contributed by atoms with E-state index >= 15 is 0 Å². The van der Waals surface area contributed by atoms with Gasteiger partial charge < -0.3 is 0 Å². The Kier molecular flexibility index (Phi) is 5.72. The number of thiophene rings is 1. The van der Waals surface area contributed by atoms with E-state index in [1.165, 1.54) is 49.4 Å². The second kappa shape index (κ2) is 7.86. The van der Waals surface area contributed by atoms with Crippen molar-refractivity contribution in [3.8, 4) is 22.3 Å². The van der Waals surface area contributed by atoms with Crippen LogP contribution in [0.5, 0.6) is 0 Å². The van der Waals surface area contributed by atoms with E-state index in [0.717, 1.165) is 12.0 Å². The fraction of sp³-hybridized carbons (Fsp3) is 0.308. The Morgan fingerprint density at radius 1 is 1.04 bits per heavy atom. The molecule has 0 saturated heterocycles. The lowest BCUT2D eigenvalue weighted by Gasteiger charge is -2.20. The van der Waals surface area contributed by atoms with Gasteiger partial charge in [-0.25, -0.2) is 0 Å². The van der Waals surface area contributed by atoms with Crippen LogP contribution in [0.15, 0.2) is 48.4 Å². The number of allylic oxidation sites excluding steroid dienone is 1.